The van der Waals surface area contributed by atoms with Gasteiger partial charge in [-0.1, -0.05) is 11.6 Å². The van der Waals surface area contributed by atoms with Gasteiger partial charge in [-0.25, -0.2) is 4.85 Å². The molecule has 0 aliphatic heterocycles. The van der Waals surface area contributed by atoms with Crippen molar-refractivity contribution >= 4 is 11.7 Å². The third-order valence-corrected chi connectivity index (χ3v) is 2.08. The van der Waals surface area contributed by atoms with Crippen molar-refractivity contribution in [3.63, 3.8) is 0 Å². The van der Waals surface area contributed by atoms with Gasteiger partial charge in [-0.2, -0.15) is 0 Å². The van der Waals surface area contributed by atoms with Gasteiger partial charge in [0, 0.05) is 6.42 Å². The summed E-state index contributed by atoms with van der Waals surface area (Å²) in [4.78, 5) is 14.3. The molecule has 84 valence electrons. The highest BCUT2D eigenvalue weighted by Crippen LogP contribution is 2.27. The fraction of sp³-hybridized carbons (Fsp3) is 0.333. The molecule has 0 fully saturated rings. The van der Waals surface area contributed by atoms with E-state index in [0.717, 1.165) is 5.56 Å². The minimum Gasteiger partial charge on any atom is -0.519 e. The van der Waals surface area contributed by atoms with Crippen molar-refractivity contribution in [2.45, 2.75) is 19.8 Å². The summed E-state index contributed by atoms with van der Waals surface area (Å²) in [5.41, 5.74) is 1.05. The number of hydrogen-bond donors (Lipinski definition) is 1. The van der Waals surface area contributed by atoms with E-state index in [2.05, 4.69) is 4.85 Å². The van der Waals surface area contributed by atoms with Crippen LogP contribution >= 0.6 is 0 Å². The Hall–Kier alpha value is -2.02. The summed E-state index contributed by atoms with van der Waals surface area (Å²) in [5, 5.41) is 9.29. The van der Waals surface area contributed by atoms with Crippen molar-refractivity contribution in [2.24, 2.45) is 0 Å². The van der Waals surface area contributed by atoms with Crippen molar-refractivity contribution in [1.29, 1.82) is 0 Å². The van der Waals surface area contributed by atoms with Gasteiger partial charge in [-0.3, -0.25) is 4.79 Å². The molecular weight excluding hydrogens is 206 g/mol. The van der Waals surface area contributed by atoms with Gasteiger partial charge in [-0.15, -0.1) is 0 Å². The number of aromatic hydroxyl groups is 1. The Kier molecular flexibility index (Phi) is 4.34. The first-order valence-corrected chi connectivity index (χ1v) is 5.02. The number of carbonyl (C=O) groups excluding carboxylic acids is 1. The molecule has 0 unspecified atom stereocenters. The number of rotatable bonds is 4. The van der Waals surface area contributed by atoms with Crippen LogP contribution in [0, 0.1) is 6.57 Å². The van der Waals surface area contributed by atoms with Crippen LogP contribution in [0.15, 0.2) is 18.2 Å². The molecule has 0 radical (unpaired) electrons. The molecule has 0 amide bonds. The normalized spacial score (nSPS) is 9.50. The van der Waals surface area contributed by atoms with Crippen molar-refractivity contribution in [1.82, 2.24) is 0 Å². The lowest BCUT2D eigenvalue weighted by atomic mass is 10.1. The maximum Gasteiger partial charge on any atom is 0.306 e. The molecule has 0 saturated heterocycles. The van der Waals surface area contributed by atoms with Crippen LogP contribution in [0.3, 0.4) is 0 Å². The number of hydrogen-bond acceptors (Lipinski definition) is 3. The highest BCUT2D eigenvalue weighted by molar-refractivity contribution is 5.70. The van der Waals surface area contributed by atoms with Crippen LogP contribution in [-0.4, -0.2) is 17.7 Å². The number of carbonyl (C=O) groups is 1. The summed E-state index contributed by atoms with van der Waals surface area (Å²) in [6.45, 7) is 8.97. The summed E-state index contributed by atoms with van der Waals surface area (Å²) in [6.07, 6.45) is 0.803. The van der Waals surface area contributed by atoms with Gasteiger partial charge in [0.15, 0.2) is 0 Å². The fourth-order valence-corrected chi connectivity index (χ4v) is 1.29. The molecule has 1 aromatic carbocycles. The molecule has 1 N–H and O–H groups in total. The minimum absolute atomic E-state index is 0.0325. The standard InChI is InChI=1S/C12H13NO3/c1-3-16-12(15)7-5-9-4-6-11(14)10(8-9)13-2/h4,6,8,14H,3,5,7H2,1H3. The molecular formula is C12H13NO3. The van der Waals surface area contributed by atoms with Crippen molar-refractivity contribution in [2.75, 3.05) is 6.61 Å². The second-order valence-electron chi connectivity index (χ2n) is 3.24. The molecule has 0 aliphatic rings. The fourth-order valence-electron chi connectivity index (χ4n) is 1.29. The molecule has 1 aromatic rings. The van der Waals surface area contributed by atoms with Gasteiger partial charge in [-0.05, 0) is 25.5 Å². The molecule has 0 spiro atoms. The number of ether oxygens (including phenoxy) is 1. The largest absolute Gasteiger partial charge is 0.519 e. The van der Waals surface area contributed by atoms with Crippen LogP contribution in [0.5, 0.6) is 5.75 Å². The molecule has 0 saturated carbocycles. The average molecular weight is 219 g/mol. The Bertz CT molecular complexity index is 421. The highest BCUT2D eigenvalue weighted by atomic mass is 16.5. The predicted molar refractivity (Wildman–Crippen MR) is 59.3 cm³/mol. The lowest BCUT2D eigenvalue weighted by Gasteiger charge is -2.03. The Morgan fingerprint density at radius 1 is 1.56 bits per heavy atom. The molecule has 1 rings (SSSR count). The Morgan fingerprint density at radius 3 is 2.94 bits per heavy atom. The van der Waals surface area contributed by atoms with E-state index in [1.807, 2.05) is 0 Å². The first kappa shape index (κ1) is 12.1. The second-order valence-corrected chi connectivity index (χ2v) is 3.24. The summed E-state index contributed by atoms with van der Waals surface area (Å²) < 4.78 is 4.80. The summed E-state index contributed by atoms with van der Waals surface area (Å²) in [5.74, 6) is -0.283. The zero-order chi connectivity index (χ0) is 12.0. The molecule has 0 bridgehead atoms. The van der Waals surface area contributed by atoms with E-state index in [1.54, 1.807) is 19.1 Å². The van der Waals surface area contributed by atoms with Crippen molar-refractivity contribution in [3.05, 3.63) is 35.2 Å². The molecule has 4 heteroatoms. The zero-order valence-electron chi connectivity index (χ0n) is 9.06. The van der Waals surface area contributed by atoms with Gasteiger partial charge in [0.2, 0.25) is 5.69 Å². The lowest BCUT2D eigenvalue weighted by Crippen LogP contribution is -2.04. The second kappa shape index (κ2) is 5.76. The summed E-state index contributed by atoms with van der Waals surface area (Å²) in [6, 6.07) is 4.75. The van der Waals surface area contributed by atoms with Gasteiger partial charge in [0.25, 0.3) is 0 Å². The van der Waals surface area contributed by atoms with E-state index >= 15 is 0 Å². The molecule has 0 aromatic heterocycles. The Morgan fingerprint density at radius 2 is 2.31 bits per heavy atom. The topological polar surface area (TPSA) is 50.9 Å². The number of benzene rings is 1. The quantitative estimate of drug-likeness (QED) is 0.625. The third-order valence-electron chi connectivity index (χ3n) is 2.08. The Balaban J connectivity index is 2.62. The van der Waals surface area contributed by atoms with Gasteiger partial charge in [0.05, 0.1) is 13.2 Å². The molecule has 0 heterocycles. The maximum absolute atomic E-state index is 11.1. The number of esters is 1. The van der Waals surface area contributed by atoms with Crippen LogP contribution in [-0.2, 0) is 16.0 Å². The summed E-state index contributed by atoms with van der Waals surface area (Å²) in [7, 11) is 0. The van der Waals surface area contributed by atoms with Crippen molar-refractivity contribution < 1.29 is 14.6 Å². The smallest absolute Gasteiger partial charge is 0.306 e. The number of nitrogens with zero attached hydrogens (tertiary/aromatic N) is 1. The van der Waals surface area contributed by atoms with Crippen LogP contribution in [0.1, 0.15) is 18.9 Å². The van der Waals surface area contributed by atoms with Crippen molar-refractivity contribution in [3.8, 4) is 5.75 Å². The average Bonchev–Trinajstić information content (AvgIpc) is 2.28. The van der Waals surface area contributed by atoms with Crippen LogP contribution in [0.25, 0.3) is 4.85 Å². The number of phenols is 1. The van der Waals surface area contributed by atoms with Gasteiger partial charge in [0.1, 0.15) is 5.75 Å². The van der Waals surface area contributed by atoms with Crippen LogP contribution < -0.4 is 0 Å². The molecule has 0 atom stereocenters. The van der Waals surface area contributed by atoms with Crippen LogP contribution in [0.4, 0.5) is 5.69 Å². The van der Waals surface area contributed by atoms with E-state index < -0.39 is 0 Å². The Labute approximate surface area is 94.3 Å². The van der Waals surface area contributed by atoms with E-state index in [0.29, 0.717) is 13.0 Å². The number of aryl methyl sites for hydroxylation is 1. The minimum atomic E-state index is -0.250. The highest BCUT2D eigenvalue weighted by Gasteiger charge is 2.05. The monoisotopic (exact) mass is 219 g/mol. The first-order chi connectivity index (χ1) is 7.67. The molecule has 4 nitrogen and oxygen atoms in total. The third kappa shape index (κ3) is 3.28. The van der Waals surface area contributed by atoms with E-state index in [-0.39, 0.29) is 23.8 Å². The molecule has 0 aliphatic carbocycles. The van der Waals surface area contributed by atoms with E-state index in [1.165, 1.54) is 6.07 Å². The zero-order valence-corrected chi connectivity index (χ0v) is 9.06. The first-order valence-electron chi connectivity index (χ1n) is 5.02. The van der Waals surface area contributed by atoms with E-state index in [4.69, 9.17) is 11.3 Å². The van der Waals surface area contributed by atoms with Crippen LogP contribution in [0.2, 0.25) is 0 Å². The predicted octanol–water partition coefficient (Wildman–Crippen LogP) is 2.44. The molecule has 16 heavy (non-hydrogen) atoms. The maximum atomic E-state index is 11.1. The summed E-state index contributed by atoms with van der Waals surface area (Å²) >= 11 is 0. The van der Waals surface area contributed by atoms with Gasteiger partial charge < -0.3 is 9.84 Å². The lowest BCUT2D eigenvalue weighted by molar-refractivity contribution is -0.143. The van der Waals surface area contributed by atoms with E-state index in [9.17, 15) is 9.90 Å². The SMILES string of the molecule is [C-]#[N+]c1cc(CCC(=O)OCC)ccc1O. The van der Waals surface area contributed by atoms with Gasteiger partial charge >= 0.3 is 5.97 Å². The number of phenolic OH excluding ortho intramolecular Hbond substituents is 1.